The van der Waals surface area contributed by atoms with E-state index in [-0.39, 0.29) is 18.6 Å². The Morgan fingerprint density at radius 3 is 2.46 bits per heavy atom. The van der Waals surface area contributed by atoms with Gasteiger partial charge in [0.05, 0.1) is 5.56 Å². The summed E-state index contributed by atoms with van der Waals surface area (Å²) >= 11 is 0. The van der Waals surface area contributed by atoms with Crippen LogP contribution in [0.1, 0.15) is 56.1 Å². The summed E-state index contributed by atoms with van der Waals surface area (Å²) in [7, 11) is 0. The topological polar surface area (TPSA) is 44.4 Å². The molecule has 156 valence electrons. The van der Waals surface area contributed by atoms with Gasteiger partial charge >= 0.3 is 12.2 Å². The van der Waals surface area contributed by atoms with Gasteiger partial charge in [0.25, 0.3) is 0 Å². The van der Waals surface area contributed by atoms with Crippen LogP contribution in [0, 0.1) is 5.92 Å². The van der Waals surface area contributed by atoms with Crippen molar-refractivity contribution in [2.45, 2.75) is 63.7 Å². The van der Waals surface area contributed by atoms with E-state index >= 15 is 0 Å². The second kappa shape index (κ2) is 9.63. The van der Waals surface area contributed by atoms with Gasteiger partial charge in [0.2, 0.25) is 0 Å². The molecule has 1 heterocycles. The molecule has 0 aromatic heterocycles. The molecule has 1 saturated heterocycles. The lowest BCUT2D eigenvalue weighted by Crippen LogP contribution is -2.48. The molecule has 1 aliphatic carbocycles. The molecule has 0 atom stereocenters. The number of urea groups is 1. The highest BCUT2D eigenvalue weighted by Gasteiger charge is 2.30. The van der Waals surface area contributed by atoms with E-state index < -0.39 is 11.7 Å². The van der Waals surface area contributed by atoms with Crippen molar-refractivity contribution in [1.82, 2.24) is 15.5 Å². The molecule has 2 amide bonds. The lowest BCUT2D eigenvalue weighted by atomic mass is 9.88. The monoisotopic (exact) mass is 397 g/mol. The van der Waals surface area contributed by atoms with Gasteiger partial charge in [-0.25, -0.2) is 4.79 Å². The summed E-state index contributed by atoms with van der Waals surface area (Å²) in [6.07, 6.45) is 4.24. The number of halogens is 3. The van der Waals surface area contributed by atoms with Crippen molar-refractivity contribution in [3.63, 3.8) is 0 Å². The first kappa shape index (κ1) is 21.0. The van der Waals surface area contributed by atoms with Crippen LogP contribution in [0.5, 0.6) is 0 Å². The van der Waals surface area contributed by atoms with E-state index in [1.165, 1.54) is 44.7 Å². The zero-order valence-electron chi connectivity index (χ0n) is 16.2. The summed E-state index contributed by atoms with van der Waals surface area (Å²) < 4.78 is 38.3. The van der Waals surface area contributed by atoms with Crippen molar-refractivity contribution in [3.8, 4) is 0 Å². The predicted molar refractivity (Wildman–Crippen MR) is 103 cm³/mol. The minimum atomic E-state index is -4.37. The van der Waals surface area contributed by atoms with E-state index in [4.69, 9.17) is 0 Å². The van der Waals surface area contributed by atoms with Crippen LogP contribution in [0.2, 0.25) is 0 Å². The van der Waals surface area contributed by atoms with Crippen molar-refractivity contribution in [2.24, 2.45) is 5.92 Å². The van der Waals surface area contributed by atoms with Crippen molar-refractivity contribution in [1.29, 1.82) is 0 Å². The molecule has 0 radical (unpaired) electrons. The van der Waals surface area contributed by atoms with Crippen LogP contribution >= 0.6 is 0 Å². The molecule has 1 aromatic carbocycles. The number of benzene rings is 1. The average molecular weight is 397 g/mol. The number of carbonyl (C=O) groups excluding carboxylic acids is 1. The minimum absolute atomic E-state index is 0.0796. The highest BCUT2D eigenvalue weighted by atomic mass is 19.4. The maximum absolute atomic E-state index is 12.8. The Morgan fingerprint density at radius 2 is 1.79 bits per heavy atom. The summed E-state index contributed by atoms with van der Waals surface area (Å²) in [6.45, 7) is 3.24. The van der Waals surface area contributed by atoms with Crippen LogP contribution in [0.3, 0.4) is 0 Å². The van der Waals surface area contributed by atoms with Gasteiger partial charge in [0, 0.05) is 32.2 Å². The number of alkyl halides is 3. The number of hydrogen-bond donors (Lipinski definition) is 2. The lowest BCUT2D eigenvalue weighted by molar-refractivity contribution is -0.137. The maximum Gasteiger partial charge on any atom is 0.416 e. The van der Waals surface area contributed by atoms with Gasteiger partial charge in [-0.2, -0.15) is 13.2 Å². The predicted octanol–water partition coefficient (Wildman–Crippen LogP) is 4.55. The first-order valence-electron chi connectivity index (χ1n) is 10.3. The Kier molecular flexibility index (Phi) is 7.21. The second-order valence-electron chi connectivity index (χ2n) is 8.10. The molecular formula is C21H30F3N3O. The van der Waals surface area contributed by atoms with Gasteiger partial charge in [-0.3, -0.25) is 0 Å². The number of carbonyl (C=O) groups is 1. The first-order valence-corrected chi connectivity index (χ1v) is 10.3. The van der Waals surface area contributed by atoms with E-state index in [0.29, 0.717) is 5.56 Å². The van der Waals surface area contributed by atoms with E-state index in [0.717, 1.165) is 44.0 Å². The normalized spacial score (nSPS) is 20.1. The van der Waals surface area contributed by atoms with Crippen molar-refractivity contribution in [3.05, 3.63) is 35.4 Å². The van der Waals surface area contributed by atoms with E-state index in [9.17, 15) is 18.0 Å². The average Bonchev–Trinajstić information content (AvgIpc) is 2.68. The number of hydrogen-bond acceptors (Lipinski definition) is 2. The fraction of sp³-hybridized carbons (Fsp3) is 0.667. The van der Waals surface area contributed by atoms with Crippen molar-refractivity contribution >= 4 is 6.03 Å². The Hall–Kier alpha value is -1.76. The molecule has 0 spiro atoms. The van der Waals surface area contributed by atoms with Gasteiger partial charge in [-0.15, -0.1) is 0 Å². The van der Waals surface area contributed by atoms with Crippen LogP contribution in [0.4, 0.5) is 18.0 Å². The number of amides is 2. The highest BCUT2D eigenvalue weighted by molar-refractivity contribution is 5.74. The summed E-state index contributed by atoms with van der Waals surface area (Å²) in [5.74, 6) is 0.828. The van der Waals surface area contributed by atoms with Gasteiger partial charge in [0.1, 0.15) is 0 Å². The Bertz CT molecular complexity index is 636. The third-order valence-corrected chi connectivity index (χ3v) is 5.87. The van der Waals surface area contributed by atoms with Crippen LogP contribution in [0.25, 0.3) is 0 Å². The number of nitrogens with zero attached hydrogens (tertiary/aromatic N) is 1. The van der Waals surface area contributed by atoms with Gasteiger partial charge in [0.15, 0.2) is 0 Å². The standard InChI is InChI=1S/C21H30F3N3O/c22-21(23,24)18-8-4-7-17(13-18)14-25-20(28)26-19-9-11-27(12-10-19)15-16-5-2-1-3-6-16/h4,7-8,13,16,19H,1-3,5-6,9-12,14-15H2,(H2,25,26,28). The number of likely N-dealkylation sites (tertiary alicyclic amines) is 1. The van der Waals surface area contributed by atoms with Crippen LogP contribution in [0.15, 0.2) is 24.3 Å². The molecule has 2 aliphatic rings. The quantitative estimate of drug-likeness (QED) is 0.766. The minimum Gasteiger partial charge on any atom is -0.335 e. The lowest BCUT2D eigenvalue weighted by Gasteiger charge is -2.35. The van der Waals surface area contributed by atoms with E-state index in [1.54, 1.807) is 6.07 Å². The van der Waals surface area contributed by atoms with Crippen LogP contribution in [-0.4, -0.2) is 36.6 Å². The summed E-state index contributed by atoms with van der Waals surface area (Å²) in [6, 6.07) is 4.86. The van der Waals surface area contributed by atoms with E-state index in [2.05, 4.69) is 15.5 Å². The van der Waals surface area contributed by atoms with E-state index in [1.807, 2.05) is 0 Å². The Morgan fingerprint density at radius 1 is 1.07 bits per heavy atom. The molecule has 0 bridgehead atoms. The number of rotatable bonds is 5. The Balaban J connectivity index is 1.36. The smallest absolute Gasteiger partial charge is 0.335 e. The molecule has 0 unspecified atom stereocenters. The van der Waals surface area contributed by atoms with Gasteiger partial charge < -0.3 is 15.5 Å². The molecule has 3 rings (SSSR count). The molecule has 2 N–H and O–H groups in total. The first-order chi connectivity index (χ1) is 13.4. The summed E-state index contributed by atoms with van der Waals surface area (Å²) in [4.78, 5) is 14.6. The zero-order valence-corrected chi connectivity index (χ0v) is 16.2. The molecule has 1 aliphatic heterocycles. The Labute approximate surface area is 164 Å². The van der Waals surface area contributed by atoms with Gasteiger partial charge in [-0.05, 0) is 49.3 Å². The summed E-state index contributed by atoms with van der Waals surface area (Å²) in [5, 5.41) is 5.63. The molecule has 2 fully saturated rings. The summed E-state index contributed by atoms with van der Waals surface area (Å²) in [5.41, 5.74) is -0.259. The SMILES string of the molecule is O=C(NCc1cccc(C(F)(F)F)c1)NC1CCN(CC2CCCCC2)CC1. The largest absolute Gasteiger partial charge is 0.416 e. The van der Waals surface area contributed by atoms with Crippen molar-refractivity contribution in [2.75, 3.05) is 19.6 Å². The fourth-order valence-corrected chi connectivity index (χ4v) is 4.27. The zero-order chi connectivity index (χ0) is 20.0. The molecule has 4 nitrogen and oxygen atoms in total. The maximum atomic E-state index is 12.8. The molecule has 1 saturated carbocycles. The second-order valence-corrected chi connectivity index (χ2v) is 8.10. The molecular weight excluding hydrogens is 367 g/mol. The molecule has 1 aromatic rings. The molecule has 28 heavy (non-hydrogen) atoms. The fourth-order valence-electron chi connectivity index (χ4n) is 4.27. The molecule has 7 heteroatoms. The van der Waals surface area contributed by atoms with Crippen molar-refractivity contribution < 1.29 is 18.0 Å². The number of piperidine rings is 1. The van der Waals surface area contributed by atoms with Crippen LogP contribution in [-0.2, 0) is 12.7 Å². The third-order valence-electron chi connectivity index (χ3n) is 5.87. The third kappa shape index (κ3) is 6.40. The highest BCUT2D eigenvalue weighted by Crippen LogP contribution is 2.29. The number of nitrogens with one attached hydrogen (secondary N) is 2. The van der Waals surface area contributed by atoms with Gasteiger partial charge in [-0.1, -0.05) is 31.4 Å². The van der Waals surface area contributed by atoms with Crippen LogP contribution < -0.4 is 10.6 Å².